The van der Waals surface area contributed by atoms with E-state index in [1.54, 1.807) is 18.9 Å². The highest BCUT2D eigenvalue weighted by atomic mass is 32.1. The fraction of sp³-hybridized carbons (Fsp3) is 0.375. The average molecular weight is 342 g/mol. The second-order valence-electron chi connectivity index (χ2n) is 6.01. The summed E-state index contributed by atoms with van der Waals surface area (Å²) in [7, 11) is 0. The van der Waals surface area contributed by atoms with Crippen LogP contribution in [0.4, 0.5) is 0 Å². The van der Waals surface area contributed by atoms with Gasteiger partial charge in [0.2, 0.25) is 0 Å². The first kappa shape index (κ1) is 15.1. The van der Waals surface area contributed by atoms with E-state index in [1.165, 1.54) is 11.3 Å². The average Bonchev–Trinajstić information content (AvgIpc) is 3.35. The third-order valence-corrected chi connectivity index (χ3v) is 5.41. The molecule has 1 saturated heterocycles. The molecule has 0 spiro atoms. The molecule has 1 unspecified atom stereocenters. The molecule has 1 amide bonds. The molecule has 0 bridgehead atoms. The number of aromatic amines is 1. The van der Waals surface area contributed by atoms with Gasteiger partial charge < -0.3 is 4.90 Å². The summed E-state index contributed by atoms with van der Waals surface area (Å²) in [5, 5.41) is 11.1. The molecule has 3 aromatic heterocycles. The van der Waals surface area contributed by atoms with Gasteiger partial charge in [-0.25, -0.2) is 4.98 Å². The van der Waals surface area contributed by atoms with Crippen molar-refractivity contribution in [3.8, 4) is 10.6 Å². The molecule has 1 fully saturated rings. The quantitative estimate of drug-likeness (QED) is 0.789. The van der Waals surface area contributed by atoms with E-state index in [4.69, 9.17) is 0 Å². The summed E-state index contributed by atoms with van der Waals surface area (Å²) in [6.45, 7) is 2.41. The summed E-state index contributed by atoms with van der Waals surface area (Å²) in [5.74, 6) is 0.547. The van der Waals surface area contributed by atoms with Crippen LogP contribution in [0.3, 0.4) is 0 Å². The topological polar surface area (TPSA) is 79.7 Å². The van der Waals surface area contributed by atoms with Crippen LogP contribution in [0.5, 0.6) is 0 Å². The second kappa shape index (κ2) is 6.56. The molecule has 1 atom stereocenters. The SMILES string of the molecule is O=C(c1ccc(-c2ccn[nH]2)s1)N1CCCC(Cn2cncn2)C1. The zero-order valence-corrected chi connectivity index (χ0v) is 13.9. The van der Waals surface area contributed by atoms with Crippen LogP contribution in [0.2, 0.25) is 0 Å². The molecule has 3 aromatic rings. The molecule has 0 aromatic carbocycles. The van der Waals surface area contributed by atoms with Crippen molar-refractivity contribution in [1.29, 1.82) is 0 Å². The van der Waals surface area contributed by atoms with Crippen molar-refractivity contribution in [2.45, 2.75) is 19.4 Å². The molecule has 24 heavy (non-hydrogen) atoms. The molecule has 4 rings (SSSR count). The summed E-state index contributed by atoms with van der Waals surface area (Å²) in [6, 6.07) is 5.79. The molecule has 7 nitrogen and oxygen atoms in total. The van der Waals surface area contributed by atoms with Gasteiger partial charge in [-0.15, -0.1) is 11.3 Å². The Balaban J connectivity index is 1.44. The molecule has 0 radical (unpaired) electrons. The number of carbonyl (C=O) groups excluding carboxylic acids is 1. The molecule has 1 aliphatic rings. The molecule has 124 valence electrons. The summed E-state index contributed by atoms with van der Waals surface area (Å²) in [6.07, 6.45) is 7.15. The summed E-state index contributed by atoms with van der Waals surface area (Å²) in [5.41, 5.74) is 0.946. The zero-order chi connectivity index (χ0) is 16.4. The highest BCUT2D eigenvalue weighted by Crippen LogP contribution is 2.28. The van der Waals surface area contributed by atoms with Crippen LogP contribution in [-0.4, -0.2) is 48.9 Å². The first-order valence-corrected chi connectivity index (χ1v) is 8.82. The van der Waals surface area contributed by atoms with Gasteiger partial charge in [-0.1, -0.05) is 0 Å². The minimum atomic E-state index is 0.119. The molecular weight excluding hydrogens is 324 g/mol. The molecule has 4 heterocycles. The third-order valence-electron chi connectivity index (χ3n) is 4.30. The number of aromatic nitrogens is 5. The highest BCUT2D eigenvalue weighted by Gasteiger charge is 2.26. The van der Waals surface area contributed by atoms with Crippen molar-refractivity contribution in [3.05, 3.63) is 41.9 Å². The monoisotopic (exact) mass is 342 g/mol. The van der Waals surface area contributed by atoms with E-state index in [0.29, 0.717) is 5.92 Å². The number of hydrogen-bond acceptors (Lipinski definition) is 5. The van der Waals surface area contributed by atoms with Gasteiger partial charge in [0.25, 0.3) is 5.91 Å². The van der Waals surface area contributed by atoms with E-state index in [2.05, 4.69) is 20.3 Å². The van der Waals surface area contributed by atoms with Gasteiger partial charge in [0.05, 0.1) is 15.4 Å². The fourth-order valence-corrected chi connectivity index (χ4v) is 4.09. The molecule has 8 heteroatoms. The van der Waals surface area contributed by atoms with E-state index in [9.17, 15) is 4.79 Å². The number of piperidine rings is 1. The van der Waals surface area contributed by atoms with Crippen molar-refractivity contribution >= 4 is 17.2 Å². The van der Waals surface area contributed by atoms with Crippen LogP contribution in [0.15, 0.2) is 37.1 Å². The lowest BCUT2D eigenvalue weighted by Gasteiger charge is -2.32. The summed E-state index contributed by atoms with van der Waals surface area (Å²) in [4.78, 5) is 20.6. The molecular formula is C16H18N6OS. The Kier molecular flexibility index (Phi) is 4.12. The van der Waals surface area contributed by atoms with Gasteiger partial charge in [0.15, 0.2) is 0 Å². The predicted molar refractivity (Wildman–Crippen MR) is 90.6 cm³/mol. The smallest absolute Gasteiger partial charge is 0.263 e. The molecule has 0 saturated carbocycles. The zero-order valence-electron chi connectivity index (χ0n) is 13.1. The molecule has 1 N–H and O–H groups in total. The maximum Gasteiger partial charge on any atom is 0.263 e. The second-order valence-corrected chi connectivity index (χ2v) is 7.09. The molecule has 1 aliphatic heterocycles. The van der Waals surface area contributed by atoms with Crippen LogP contribution in [0.25, 0.3) is 10.6 Å². The maximum absolute atomic E-state index is 12.8. The van der Waals surface area contributed by atoms with Crippen molar-refractivity contribution in [3.63, 3.8) is 0 Å². The minimum absolute atomic E-state index is 0.119. The van der Waals surface area contributed by atoms with Gasteiger partial charge in [-0.3, -0.25) is 14.6 Å². The Morgan fingerprint density at radius 2 is 2.33 bits per heavy atom. The number of H-pyrrole nitrogens is 1. The lowest BCUT2D eigenvalue weighted by Crippen LogP contribution is -2.40. The lowest BCUT2D eigenvalue weighted by molar-refractivity contribution is 0.0664. The number of amides is 1. The van der Waals surface area contributed by atoms with E-state index < -0.39 is 0 Å². The van der Waals surface area contributed by atoms with Gasteiger partial charge in [-0.05, 0) is 37.0 Å². The largest absolute Gasteiger partial charge is 0.338 e. The van der Waals surface area contributed by atoms with Crippen LogP contribution >= 0.6 is 11.3 Å². The number of likely N-dealkylation sites (tertiary alicyclic amines) is 1. The van der Waals surface area contributed by atoms with Crippen LogP contribution in [-0.2, 0) is 6.54 Å². The fourth-order valence-electron chi connectivity index (χ4n) is 3.14. The van der Waals surface area contributed by atoms with Crippen LogP contribution in [0, 0.1) is 5.92 Å². The Labute approximate surface area is 143 Å². The Bertz CT molecular complexity index is 795. The standard InChI is InChI=1S/C16H18N6OS/c23-16(15-4-3-14(24-15)13-5-6-18-20-13)21-7-1-2-12(8-21)9-22-11-17-10-19-22/h3-6,10-12H,1-2,7-9H2,(H,18,20). The van der Waals surface area contributed by atoms with E-state index >= 15 is 0 Å². The Hall–Kier alpha value is -2.48. The van der Waals surface area contributed by atoms with E-state index in [-0.39, 0.29) is 5.91 Å². The van der Waals surface area contributed by atoms with Crippen LogP contribution < -0.4 is 0 Å². The van der Waals surface area contributed by atoms with E-state index in [1.807, 2.05) is 27.8 Å². The van der Waals surface area contributed by atoms with Crippen molar-refractivity contribution < 1.29 is 4.79 Å². The summed E-state index contributed by atoms with van der Waals surface area (Å²) >= 11 is 1.51. The van der Waals surface area contributed by atoms with Gasteiger partial charge in [0.1, 0.15) is 12.7 Å². The van der Waals surface area contributed by atoms with Crippen molar-refractivity contribution in [2.75, 3.05) is 13.1 Å². The van der Waals surface area contributed by atoms with Crippen LogP contribution in [0.1, 0.15) is 22.5 Å². The van der Waals surface area contributed by atoms with Gasteiger partial charge in [0, 0.05) is 25.8 Å². The predicted octanol–water partition coefficient (Wildman–Crippen LogP) is 2.28. The number of nitrogens with zero attached hydrogens (tertiary/aromatic N) is 5. The Morgan fingerprint density at radius 1 is 1.38 bits per heavy atom. The first-order valence-electron chi connectivity index (χ1n) is 8.01. The van der Waals surface area contributed by atoms with Crippen molar-refractivity contribution in [1.82, 2.24) is 29.9 Å². The number of nitrogens with one attached hydrogen (secondary N) is 1. The van der Waals surface area contributed by atoms with Gasteiger partial charge >= 0.3 is 0 Å². The van der Waals surface area contributed by atoms with Crippen molar-refractivity contribution in [2.24, 2.45) is 5.92 Å². The van der Waals surface area contributed by atoms with E-state index in [0.717, 1.165) is 47.9 Å². The third kappa shape index (κ3) is 3.09. The first-order chi connectivity index (χ1) is 11.8. The number of hydrogen-bond donors (Lipinski definition) is 1. The normalized spacial score (nSPS) is 18.0. The number of carbonyl (C=O) groups is 1. The number of thiophene rings is 1. The molecule has 0 aliphatic carbocycles. The van der Waals surface area contributed by atoms with Gasteiger partial charge in [-0.2, -0.15) is 10.2 Å². The highest BCUT2D eigenvalue weighted by molar-refractivity contribution is 7.17. The lowest BCUT2D eigenvalue weighted by atomic mass is 9.98. The maximum atomic E-state index is 12.8. The summed E-state index contributed by atoms with van der Waals surface area (Å²) < 4.78 is 1.85. The minimum Gasteiger partial charge on any atom is -0.338 e. The number of rotatable bonds is 4. The Morgan fingerprint density at radius 3 is 3.12 bits per heavy atom.